The summed E-state index contributed by atoms with van der Waals surface area (Å²) in [5, 5.41) is 10.0. The SMILES string of the molecule is CC(O)CN1CCN(C(=O)CCOc2ccc(Cl)cc2)CC1. The minimum absolute atomic E-state index is 0.116. The van der Waals surface area contributed by atoms with Gasteiger partial charge in [0.2, 0.25) is 5.91 Å². The fourth-order valence-corrected chi connectivity index (χ4v) is 2.62. The van der Waals surface area contributed by atoms with Crippen molar-refractivity contribution < 1.29 is 14.6 Å². The van der Waals surface area contributed by atoms with Gasteiger partial charge in [0.25, 0.3) is 0 Å². The van der Waals surface area contributed by atoms with Gasteiger partial charge in [0.1, 0.15) is 5.75 Å². The average Bonchev–Trinajstić information content (AvgIpc) is 2.49. The molecule has 1 amide bonds. The lowest BCUT2D eigenvalue weighted by Gasteiger charge is -2.35. The molecule has 1 aliphatic rings. The number of hydrogen-bond donors (Lipinski definition) is 1. The fourth-order valence-electron chi connectivity index (χ4n) is 2.50. The molecule has 0 aliphatic carbocycles. The summed E-state index contributed by atoms with van der Waals surface area (Å²) in [6, 6.07) is 7.11. The molecule has 22 heavy (non-hydrogen) atoms. The zero-order valence-electron chi connectivity index (χ0n) is 12.9. The molecule has 0 spiro atoms. The third-order valence-corrected chi connectivity index (χ3v) is 3.90. The van der Waals surface area contributed by atoms with Crippen LogP contribution in [0.3, 0.4) is 0 Å². The molecular weight excluding hydrogens is 304 g/mol. The lowest BCUT2D eigenvalue weighted by molar-refractivity contribution is -0.133. The number of benzene rings is 1. The maximum absolute atomic E-state index is 12.1. The summed E-state index contributed by atoms with van der Waals surface area (Å²) >= 11 is 5.80. The Morgan fingerprint density at radius 1 is 1.27 bits per heavy atom. The summed E-state index contributed by atoms with van der Waals surface area (Å²) in [7, 11) is 0. The molecule has 1 aliphatic heterocycles. The molecule has 1 fully saturated rings. The molecule has 1 aromatic rings. The van der Waals surface area contributed by atoms with Gasteiger partial charge in [0.05, 0.1) is 19.1 Å². The van der Waals surface area contributed by atoms with E-state index in [4.69, 9.17) is 16.3 Å². The molecule has 1 N–H and O–H groups in total. The molecule has 1 heterocycles. The standard InChI is InChI=1S/C16H23ClN2O3/c1-13(20)12-18-7-9-19(10-8-18)16(21)6-11-22-15-4-2-14(17)3-5-15/h2-5,13,20H,6-12H2,1H3. The number of aliphatic hydroxyl groups excluding tert-OH is 1. The van der Waals surface area contributed by atoms with Crippen LogP contribution in [0.2, 0.25) is 5.02 Å². The van der Waals surface area contributed by atoms with Gasteiger partial charge < -0.3 is 14.7 Å². The van der Waals surface area contributed by atoms with Crippen molar-refractivity contribution in [2.75, 3.05) is 39.3 Å². The van der Waals surface area contributed by atoms with Crippen LogP contribution in [-0.4, -0.2) is 66.2 Å². The van der Waals surface area contributed by atoms with Crippen LogP contribution in [0.5, 0.6) is 5.75 Å². The zero-order valence-corrected chi connectivity index (χ0v) is 13.6. The maximum atomic E-state index is 12.1. The highest BCUT2D eigenvalue weighted by Crippen LogP contribution is 2.15. The lowest BCUT2D eigenvalue weighted by atomic mass is 10.2. The van der Waals surface area contributed by atoms with Crippen molar-refractivity contribution in [2.45, 2.75) is 19.4 Å². The van der Waals surface area contributed by atoms with Gasteiger partial charge >= 0.3 is 0 Å². The molecule has 0 bridgehead atoms. The predicted octanol–water partition coefficient (Wildman–Crippen LogP) is 1.63. The van der Waals surface area contributed by atoms with Gasteiger partial charge in [-0.1, -0.05) is 11.6 Å². The Bertz CT molecular complexity index is 471. The third-order valence-electron chi connectivity index (χ3n) is 3.65. The molecule has 1 unspecified atom stereocenters. The summed E-state index contributed by atoms with van der Waals surface area (Å²) in [6.07, 6.45) is 0.0500. The smallest absolute Gasteiger partial charge is 0.226 e. The fraction of sp³-hybridized carbons (Fsp3) is 0.562. The van der Waals surface area contributed by atoms with Crippen molar-refractivity contribution >= 4 is 17.5 Å². The van der Waals surface area contributed by atoms with E-state index in [0.29, 0.717) is 37.7 Å². The molecule has 1 saturated heterocycles. The number of nitrogens with zero attached hydrogens (tertiary/aromatic N) is 2. The van der Waals surface area contributed by atoms with Crippen LogP contribution in [-0.2, 0) is 4.79 Å². The molecule has 1 atom stereocenters. The quantitative estimate of drug-likeness (QED) is 0.863. The Morgan fingerprint density at radius 2 is 1.91 bits per heavy atom. The molecular formula is C16H23ClN2O3. The molecule has 0 aromatic heterocycles. The second-order valence-electron chi connectivity index (χ2n) is 5.58. The van der Waals surface area contributed by atoms with Crippen molar-refractivity contribution in [1.82, 2.24) is 9.80 Å². The first-order chi connectivity index (χ1) is 10.5. The van der Waals surface area contributed by atoms with E-state index in [-0.39, 0.29) is 12.0 Å². The number of carbonyl (C=O) groups excluding carboxylic acids is 1. The highest BCUT2D eigenvalue weighted by molar-refractivity contribution is 6.30. The van der Waals surface area contributed by atoms with E-state index < -0.39 is 0 Å². The number of halogens is 1. The van der Waals surface area contributed by atoms with E-state index in [1.807, 2.05) is 4.90 Å². The van der Waals surface area contributed by atoms with E-state index in [1.54, 1.807) is 31.2 Å². The van der Waals surface area contributed by atoms with Crippen LogP contribution in [0.25, 0.3) is 0 Å². The highest BCUT2D eigenvalue weighted by Gasteiger charge is 2.21. The van der Waals surface area contributed by atoms with E-state index in [2.05, 4.69) is 4.90 Å². The van der Waals surface area contributed by atoms with E-state index in [9.17, 15) is 9.90 Å². The zero-order chi connectivity index (χ0) is 15.9. The molecule has 6 heteroatoms. The number of aliphatic hydroxyl groups is 1. The van der Waals surface area contributed by atoms with Crippen LogP contribution in [0.15, 0.2) is 24.3 Å². The van der Waals surface area contributed by atoms with E-state index in [0.717, 1.165) is 18.8 Å². The largest absolute Gasteiger partial charge is 0.493 e. The summed E-state index contributed by atoms with van der Waals surface area (Å²) in [4.78, 5) is 16.2. The molecule has 2 rings (SSSR count). The second-order valence-corrected chi connectivity index (χ2v) is 6.02. The van der Waals surface area contributed by atoms with Crippen LogP contribution in [0, 0.1) is 0 Å². The Balaban J connectivity index is 1.67. The van der Waals surface area contributed by atoms with Crippen molar-refractivity contribution in [3.05, 3.63) is 29.3 Å². The Kier molecular flexibility index (Phi) is 6.49. The van der Waals surface area contributed by atoms with Crippen LogP contribution < -0.4 is 4.74 Å². The summed E-state index contributed by atoms with van der Waals surface area (Å²) in [5.41, 5.74) is 0. The topological polar surface area (TPSA) is 53.0 Å². The first-order valence-electron chi connectivity index (χ1n) is 7.61. The number of amides is 1. The maximum Gasteiger partial charge on any atom is 0.226 e. The first-order valence-corrected chi connectivity index (χ1v) is 7.99. The van der Waals surface area contributed by atoms with Gasteiger partial charge in [0.15, 0.2) is 0 Å². The van der Waals surface area contributed by atoms with Crippen LogP contribution in [0.1, 0.15) is 13.3 Å². The minimum Gasteiger partial charge on any atom is -0.493 e. The number of ether oxygens (including phenoxy) is 1. The molecule has 1 aromatic carbocycles. The number of piperazine rings is 1. The summed E-state index contributed by atoms with van der Waals surface area (Å²) in [5.74, 6) is 0.838. The van der Waals surface area contributed by atoms with Gasteiger partial charge in [-0.25, -0.2) is 0 Å². The minimum atomic E-state index is -0.324. The van der Waals surface area contributed by atoms with Gasteiger partial charge in [-0.05, 0) is 31.2 Å². The van der Waals surface area contributed by atoms with Gasteiger partial charge in [-0.15, -0.1) is 0 Å². The van der Waals surface area contributed by atoms with Crippen molar-refractivity contribution in [3.8, 4) is 5.75 Å². The van der Waals surface area contributed by atoms with Crippen LogP contribution >= 0.6 is 11.6 Å². The van der Waals surface area contributed by atoms with E-state index >= 15 is 0 Å². The summed E-state index contributed by atoms with van der Waals surface area (Å²) < 4.78 is 5.55. The monoisotopic (exact) mass is 326 g/mol. The molecule has 122 valence electrons. The molecule has 5 nitrogen and oxygen atoms in total. The molecule has 0 radical (unpaired) electrons. The number of rotatable bonds is 6. The third kappa shape index (κ3) is 5.48. The van der Waals surface area contributed by atoms with Crippen molar-refractivity contribution in [3.63, 3.8) is 0 Å². The van der Waals surface area contributed by atoms with Crippen LogP contribution in [0.4, 0.5) is 0 Å². The van der Waals surface area contributed by atoms with Gasteiger partial charge in [0, 0.05) is 37.7 Å². The van der Waals surface area contributed by atoms with Gasteiger partial charge in [-0.2, -0.15) is 0 Å². The second kappa shape index (κ2) is 8.36. The summed E-state index contributed by atoms with van der Waals surface area (Å²) in [6.45, 7) is 5.88. The van der Waals surface area contributed by atoms with Crippen molar-refractivity contribution in [1.29, 1.82) is 0 Å². The highest BCUT2D eigenvalue weighted by atomic mass is 35.5. The average molecular weight is 327 g/mol. The predicted molar refractivity (Wildman–Crippen MR) is 86.3 cm³/mol. The van der Waals surface area contributed by atoms with Gasteiger partial charge in [-0.3, -0.25) is 9.69 Å². The molecule has 0 saturated carbocycles. The number of β-amino-alcohol motifs (C(OH)–C–C–N with tert-alkyl or cyclic N) is 1. The lowest BCUT2D eigenvalue weighted by Crippen LogP contribution is -2.50. The number of carbonyl (C=O) groups is 1. The normalized spacial score (nSPS) is 17.3. The Morgan fingerprint density at radius 3 is 2.50 bits per heavy atom. The Labute approximate surface area is 136 Å². The number of hydrogen-bond acceptors (Lipinski definition) is 4. The van der Waals surface area contributed by atoms with Crippen molar-refractivity contribution in [2.24, 2.45) is 0 Å². The van der Waals surface area contributed by atoms with E-state index in [1.165, 1.54) is 0 Å². The first kappa shape index (κ1) is 17.1. The Hall–Kier alpha value is -1.30.